The highest BCUT2D eigenvalue weighted by atomic mass is 79.9. The van der Waals surface area contributed by atoms with Crippen LogP contribution in [0.5, 0.6) is 0 Å². The molecule has 0 unspecified atom stereocenters. The Labute approximate surface area is 133 Å². The summed E-state index contributed by atoms with van der Waals surface area (Å²) >= 11 is 3.54. The van der Waals surface area contributed by atoms with E-state index in [1.54, 1.807) is 0 Å². The van der Waals surface area contributed by atoms with Gasteiger partial charge in [-0.2, -0.15) is 0 Å². The molecule has 0 radical (unpaired) electrons. The molecule has 1 rings (SSSR count). The van der Waals surface area contributed by atoms with Crippen molar-refractivity contribution in [2.75, 3.05) is 5.32 Å². The van der Waals surface area contributed by atoms with Gasteiger partial charge in [0.1, 0.15) is 0 Å². The first kappa shape index (κ1) is 17.6. The van der Waals surface area contributed by atoms with E-state index in [1.165, 1.54) is 62.6 Å². The van der Waals surface area contributed by atoms with Crippen LogP contribution >= 0.6 is 15.9 Å². The second-order valence-electron chi connectivity index (χ2n) is 5.79. The van der Waals surface area contributed by atoms with Gasteiger partial charge < -0.3 is 5.32 Å². The molecule has 0 aliphatic rings. The first-order chi connectivity index (χ1) is 9.67. The zero-order valence-electron chi connectivity index (χ0n) is 13.3. The van der Waals surface area contributed by atoms with Crippen molar-refractivity contribution in [2.45, 2.75) is 78.2 Å². The van der Waals surface area contributed by atoms with Crippen molar-refractivity contribution in [3.63, 3.8) is 0 Å². The van der Waals surface area contributed by atoms with Crippen LogP contribution in [0.3, 0.4) is 0 Å². The summed E-state index contributed by atoms with van der Waals surface area (Å²) in [6.45, 7) is 6.74. The molecule has 114 valence electrons. The summed E-state index contributed by atoms with van der Waals surface area (Å²) in [6.07, 6.45) is 10.6. The fourth-order valence-corrected chi connectivity index (χ4v) is 3.05. The third-order valence-electron chi connectivity index (χ3n) is 3.86. The van der Waals surface area contributed by atoms with Gasteiger partial charge in [0.15, 0.2) is 0 Å². The van der Waals surface area contributed by atoms with Crippen LogP contribution in [0.4, 0.5) is 5.69 Å². The fourth-order valence-electron chi connectivity index (χ4n) is 2.58. The van der Waals surface area contributed by atoms with Gasteiger partial charge in [0, 0.05) is 16.2 Å². The van der Waals surface area contributed by atoms with Gasteiger partial charge in [0.05, 0.1) is 0 Å². The molecule has 1 aromatic carbocycles. The predicted molar refractivity (Wildman–Crippen MR) is 94.6 cm³/mol. The van der Waals surface area contributed by atoms with Gasteiger partial charge in [0.25, 0.3) is 0 Å². The Morgan fingerprint density at radius 3 is 2.10 bits per heavy atom. The molecular formula is C18H30BrN. The van der Waals surface area contributed by atoms with Crippen LogP contribution in [-0.2, 0) is 0 Å². The minimum Gasteiger partial charge on any atom is -0.382 e. The van der Waals surface area contributed by atoms with Crippen molar-refractivity contribution in [1.82, 2.24) is 0 Å². The number of aryl methyl sites for hydroxylation is 1. The monoisotopic (exact) mass is 339 g/mol. The maximum Gasteiger partial charge on any atom is 0.0372 e. The standard InChI is InChI=1S/C18H30BrN/c1-4-6-8-10-17(11-9-7-5-2)20-18-13-12-16(19)14-15(18)3/h12-14,17,20H,4-11H2,1-3H3. The summed E-state index contributed by atoms with van der Waals surface area (Å²) in [5.41, 5.74) is 2.63. The van der Waals surface area contributed by atoms with E-state index in [0.29, 0.717) is 6.04 Å². The van der Waals surface area contributed by atoms with Gasteiger partial charge in [-0.3, -0.25) is 0 Å². The number of hydrogen-bond donors (Lipinski definition) is 1. The van der Waals surface area contributed by atoms with Gasteiger partial charge in [-0.1, -0.05) is 68.3 Å². The second-order valence-corrected chi connectivity index (χ2v) is 6.71. The van der Waals surface area contributed by atoms with Crippen LogP contribution in [0.25, 0.3) is 0 Å². The number of anilines is 1. The van der Waals surface area contributed by atoms with Crippen LogP contribution in [-0.4, -0.2) is 6.04 Å². The number of rotatable bonds is 10. The van der Waals surface area contributed by atoms with E-state index in [9.17, 15) is 0 Å². The van der Waals surface area contributed by atoms with Crippen molar-refractivity contribution < 1.29 is 0 Å². The van der Waals surface area contributed by atoms with E-state index in [-0.39, 0.29) is 0 Å². The first-order valence-corrected chi connectivity index (χ1v) is 8.99. The third kappa shape index (κ3) is 6.78. The third-order valence-corrected chi connectivity index (χ3v) is 4.35. The molecule has 0 saturated heterocycles. The molecule has 0 saturated carbocycles. The lowest BCUT2D eigenvalue weighted by atomic mass is 10.0. The Balaban J connectivity index is 2.56. The smallest absolute Gasteiger partial charge is 0.0372 e. The molecule has 0 heterocycles. The number of nitrogens with one attached hydrogen (secondary N) is 1. The maximum atomic E-state index is 3.77. The average molecular weight is 340 g/mol. The molecule has 0 amide bonds. The summed E-state index contributed by atoms with van der Waals surface area (Å²) in [7, 11) is 0. The van der Waals surface area contributed by atoms with Crippen molar-refractivity contribution >= 4 is 21.6 Å². The second kappa shape index (κ2) is 10.3. The van der Waals surface area contributed by atoms with Crippen LogP contribution in [0.15, 0.2) is 22.7 Å². The minimum atomic E-state index is 0.632. The van der Waals surface area contributed by atoms with E-state index in [0.717, 1.165) is 4.47 Å². The molecule has 0 atom stereocenters. The van der Waals surface area contributed by atoms with Crippen molar-refractivity contribution in [3.8, 4) is 0 Å². The molecule has 1 nitrogen and oxygen atoms in total. The van der Waals surface area contributed by atoms with Crippen molar-refractivity contribution in [2.24, 2.45) is 0 Å². The Bertz CT molecular complexity index is 366. The lowest BCUT2D eigenvalue weighted by Crippen LogP contribution is -2.20. The van der Waals surface area contributed by atoms with Gasteiger partial charge in [-0.05, 0) is 43.5 Å². The molecule has 0 aromatic heterocycles. The van der Waals surface area contributed by atoms with E-state index >= 15 is 0 Å². The summed E-state index contributed by atoms with van der Waals surface area (Å²) in [5.74, 6) is 0. The lowest BCUT2D eigenvalue weighted by Gasteiger charge is -2.21. The Kier molecular flexibility index (Phi) is 9.00. The van der Waals surface area contributed by atoms with E-state index in [2.05, 4.69) is 60.2 Å². The van der Waals surface area contributed by atoms with E-state index in [1.807, 2.05) is 0 Å². The van der Waals surface area contributed by atoms with Crippen LogP contribution in [0, 0.1) is 6.92 Å². The largest absolute Gasteiger partial charge is 0.382 e. The van der Waals surface area contributed by atoms with Gasteiger partial charge in [0.2, 0.25) is 0 Å². The number of hydrogen-bond acceptors (Lipinski definition) is 1. The molecule has 1 N–H and O–H groups in total. The van der Waals surface area contributed by atoms with Crippen LogP contribution in [0.1, 0.15) is 70.8 Å². The molecule has 0 aliphatic heterocycles. The average Bonchev–Trinajstić information content (AvgIpc) is 2.42. The van der Waals surface area contributed by atoms with Crippen LogP contribution < -0.4 is 5.32 Å². The molecule has 20 heavy (non-hydrogen) atoms. The minimum absolute atomic E-state index is 0.632. The highest BCUT2D eigenvalue weighted by Crippen LogP contribution is 2.23. The maximum absolute atomic E-state index is 3.77. The van der Waals surface area contributed by atoms with Gasteiger partial charge in [-0.25, -0.2) is 0 Å². The Hall–Kier alpha value is -0.500. The highest BCUT2D eigenvalue weighted by molar-refractivity contribution is 9.10. The molecule has 0 fully saturated rings. The topological polar surface area (TPSA) is 12.0 Å². The van der Waals surface area contributed by atoms with Gasteiger partial charge >= 0.3 is 0 Å². The summed E-state index contributed by atoms with van der Waals surface area (Å²) < 4.78 is 1.16. The molecule has 2 heteroatoms. The number of benzene rings is 1. The summed E-state index contributed by atoms with van der Waals surface area (Å²) in [4.78, 5) is 0. The lowest BCUT2D eigenvalue weighted by molar-refractivity contribution is 0.526. The summed E-state index contributed by atoms with van der Waals surface area (Å²) in [5, 5.41) is 3.77. The molecule has 1 aromatic rings. The highest BCUT2D eigenvalue weighted by Gasteiger charge is 2.09. The zero-order valence-corrected chi connectivity index (χ0v) is 14.9. The zero-order chi connectivity index (χ0) is 14.8. The SMILES string of the molecule is CCCCCC(CCCCC)Nc1ccc(Br)cc1C. The van der Waals surface area contributed by atoms with Crippen molar-refractivity contribution in [3.05, 3.63) is 28.2 Å². The van der Waals surface area contributed by atoms with Gasteiger partial charge in [-0.15, -0.1) is 0 Å². The number of halogens is 1. The molecule has 0 bridgehead atoms. The fraction of sp³-hybridized carbons (Fsp3) is 0.667. The molecule has 0 spiro atoms. The quantitative estimate of drug-likeness (QED) is 0.467. The Morgan fingerprint density at radius 2 is 1.60 bits per heavy atom. The van der Waals surface area contributed by atoms with Crippen molar-refractivity contribution in [1.29, 1.82) is 0 Å². The predicted octanol–water partition coefficient (Wildman–Crippen LogP) is 6.70. The van der Waals surface area contributed by atoms with E-state index < -0.39 is 0 Å². The summed E-state index contributed by atoms with van der Waals surface area (Å²) in [6, 6.07) is 7.15. The van der Waals surface area contributed by atoms with E-state index in [4.69, 9.17) is 0 Å². The van der Waals surface area contributed by atoms with Crippen LogP contribution in [0.2, 0.25) is 0 Å². The first-order valence-electron chi connectivity index (χ1n) is 8.20. The normalized spacial score (nSPS) is 11.1. The Morgan fingerprint density at radius 1 is 1.00 bits per heavy atom. The number of unbranched alkanes of at least 4 members (excludes halogenated alkanes) is 4. The molecular weight excluding hydrogens is 310 g/mol. The molecule has 0 aliphatic carbocycles.